The second-order valence-electron chi connectivity index (χ2n) is 8.49. The van der Waals surface area contributed by atoms with Gasteiger partial charge in [-0.2, -0.15) is 0 Å². The highest BCUT2D eigenvalue weighted by Gasteiger charge is 2.22. The molecule has 3 rings (SSSR count). The third kappa shape index (κ3) is 5.27. The summed E-state index contributed by atoms with van der Waals surface area (Å²) in [5.41, 5.74) is 2.17. The van der Waals surface area contributed by atoms with Crippen molar-refractivity contribution in [1.82, 2.24) is 14.9 Å². The Balaban J connectivity index is 1.91. The number of carboxylic acids is 1. The zero-order chi connectivity index (χ0) is 21.8. The fourth-order valence-corrected chi connectivity index (χ4v) is 4.23. The topological polar surface area (TPSA) is 84.2 Å². The zero-order valence-corrected chi connectivity index (χ0v) is 18.7. The van der Waals surface area contributed by atoms with E-state index in [0.717, 1.165) is 29.8 Å². The zero-order valence-electron chi connectivity index (χ0n) is 17.9. The van der Waals surface area contributed by atoms with Gasteiger partial charge in [0, 0.05) is 23.4 Å². The van der Waals surface area contributed by atoms with Crippen molar-refractivity contribution in [2.45, 2.75) is 53.1 Å². The Bertz CT molecular complexity index is 1020. The molecular weight excluding hydrogens is 398 g/mol. The smallest absolute Gasteiger partial charge is 0.326 e. The standard InChI is InChI=1S/C23H29N3O3S/c1-14(2)10-19(23(28)29)25-22(27)16-7-8-20-18(11-16)24-21(26(20)13-15(3)4)12-17-6-5-9-30-17/h5-9,11,14-15,19H,10,12-13H2,1-4H3,(H,25,27)(H,28,29)/t19-/m0/s1. The highest BCUT2D eigenvalue weighted by atomic mass is 32.1. The number of nitrogens with zero attached hydrogens (tertiary/aromatic N) is 2. The summed E-state index contributed by atoms with van der Waals surface area (Å²) in [5, 5.41) is 14.1. The SMILES string of the molecule is CC(C)C[C@H](NC(=O)c1ccc2c(c1)nc(Cc1cccs1)n2CC(C)C)C(=O)O. The highest BCUT2D eigenvalue weighted by molar-refractivity contribution is 7.09. The molecule has 0 aliphatic carbocycles. The number of hydrogen-bond donors (Lipinski definition) is 2. The van der Waals surface area contributed by atoms with E-state index in [1.165, 1.54) is 4.88 Å². The average Bonchev–Trinajstić information content (AvgIpc) is 3.28. The van der Waals surface area contributed by atoms with Gasteiger partial charge in [0.15, 0.2) is 0 Å². The van der Waals surface area contributed by atoms with Crippen LogP contribution in [-0.4, -0.2) is 32.6 Å². The summed E-state index contributed by atoms with van der Waals surface area (Å²) in [6, 6.07) is 8.65. The second kappa shape index (κ2) is 9.43. The Labute approximate surface area is 180 Å². The molecule has 0 unspecified atom stereocenters. The molecule has 30 heavy (non-hydrogen) atoms. The molecule has 1 atom stereocenters. The first-order valence-corrected chi connectivity index (χ1v) is 11.2. The molecule has 0 saturated carbocycles. The Morgan fingerprint density at radius 1 is 1.17 bits per heavy atom. The van der Waals surface area contributed by atoms with E-state index in [2.05, 4.69) is 35.2 Å². The van der Waals surface area contributed by atoms with Crippen LogP contribution >= 0.6 is 11.3 Å². The van der Waals surface area contributed by atoms with Crippen molar-refractivity contribution < 1.29 is 14.7 Å². The van der Waals surface area contributed by atoms with Crippen LogP contribution < -0.4 is 5.32 Å². The van der Waals surface area contributed by atoms with Crippen molar-refractivity contribution >= 4 is 34.2 Å². The molecule has 6 nitrogen and oxygen atoms in total. The second-order valence-corrected chi connectivity index (χ2v) is 9.52. The Morgan fingerprint density at radius 2 is 1.93 bits per heavy atom. The van der Waals surface area contributed by atoms with Gasteiger partial charge >= 0.3 is 5.97 Å². The summed E-state index contributed by atoms with van der Waals surface area (Å²) in [6.07, 6.45) is 1.13. The molecular formula is C23H29N3O3S. The molecule has 2 N–H and O–H groups in total. The van der Waals surface area contributed by atoms with Gasteiger partial charge < -0.3 is 15.0 Å². The van der Waals surface area contributed by atoms with Crippen LogP contribution in [0.5, 0.6) is 0 Å². The molecule has 0 fully saturated rings. The summed E-state index contributed by atoms with van der Waals surface area (Å²) in [6.45, 7) is 9.06. The number of carbonyl (C=O) groups excluding carboxylic acids is 1. The third-order valence-electron chi connectivity index (χ3n) is 4.86. The predicted octanol–water partition coefficient (Wildman–Crippen LogP) is 4.57. The van der Waals surface area contributed by atoms with Crippen LogP contribution in [0.2, 0.25) is 0 Å². The lowest BCUT2D eigenvalue weighted by Gasteiger charge is -2.16. The Morgan fingerprint density at radius 3 is 2.53 bits per heavy atom. The highest BCUT2D eigenvalue weighted by Crippen LogP contribution is 2.23. The normalized spacial score (nSPS) is 12.6. The van der Waals surface area contributed by atoms with E-state index in [1.807, 2.05) is 26.0 Å². The number of aromatic nitrogens is 2. The molecule has 2 heterocycles. The largest absolute Gasteiger partial charge is 0.480 e. The number of carbonyl (C=O) groups is 2. The number of fused-ring (bicyclic) bond motifs is 1. The van der Waals surface area contributed by atoms with Crippen LogP contribution in [0.25, 0.3) is 11.0 Å². The minimum Gasteiger partial charge on any atom is -0.480 e. The molecule has 7 heteroatoms. The van der Waals surface area contributed by atoms with E-state index in [-0.39, 0.29) is 11.8 Å². The summed E-state index contributed by atoms with van der Waals surface area (Å²) in [5.74, 6) is 0.197. The van der Waals surface area contributed by atoms with Gasteiger partial charge in [0.2, 0.25) is 0 Å². The van der Waals surface area contributed by atoms with Crippen molar-refractivity contribution in [2.24, 2.45) is 11.8 Å². The van der Waals surface area contributed by atoms with E-state index in [4.69, 9.17) is 4.98 Å². The van der Waals surface area contributed by atoms with Crippen LogP contribution in [0.3, 0.4) is 0 Å². The minimum atomic E-state index is -1.02. The van der Waals surface area contributed by atoms with Gasteiger partial charge in [-0.25, -0.2) is 9.78 Å². The summed E-state index contributed by atoms with van der Waals surface area (Å²) < 4.78 is 2.22. The number of nitrogens with one attached hydrogen (secondary N) is 1. The molecule has 0 spiro atoms. The summed E-state index contributed by atoms with van der Waals surface area (Å²) in [7, 11) is 0. The number of hydrogen-bond acceptors (Lipinski definition) is 4. The first-order valence-electron chi connectivity index (χ1n) is 10.3. The van der Waals surface area contributed by atoms with Crippen molar-refractivity contribution in [3.63, 3.8) is 0 Å². The lowest BCUT2D eigenvalue weighted by atomic mass is 10.0. The molecule has 2 aromatic heterocycles. The van der Waals surface area contributed by atoms with Gasteiger partial charge in [-0.15, -0.1) is 11.3 Å². The number of benzene rings is 1. The van der Waals surface area contributed by atoms with Crippen LogP contribution in [0, 0.1) is 11.8 Å². The number of imidazole rings is 1. The van der Waals surface area contributed by atoms with E-state index in [0.29, 0.717) is 17.9 Å². The van der Waals surface area contributed by atoms with Crippen LogP contribution in [-0.2, 0) is 17.8 Å². The monoisotopic (exact) mass is 427 g/mol. The lowest BCUT2D eigenvalue weighted by Crippen LogP contribution is -2.41. The maximum atomic E-state index is 12.7. The molecule has 3 aromatic rings. The van der Waals surface area contributed by atoms with Gasteiger partial charge in [-0.1, -0.05) is 33.8 Å². The van der Waals surface area contributed by atoms with Gasteiger partial charge in [0.25, 0.3) is 5.91 Å². The lowest BCUT2D eigenvalue weighted by molar-refractivity contribution is -0.139. The Hall–Kier alpha value is -2.67. The minimum absolute atomic E-state index is 0.167. The maximum Gasteiger partial charge on any atom is 0.326 e. The predicted molar refractivity (Wildman–Crippen MR) is 120 cm³/mol. The number of thiophene rings is 1. The van der Waals surface area contributed by atoms with Crippen molar-refractivity contribution in [3.05, 3.63) is 52.0 Å². The van der Waals surface area contributed by atoms with E-state index in [9.17, 15) is 14.7 Å². The van der Waals surface area contributed by atoms with E-state index in [1.54, 1.807) is 23.5 Å². The molecule has 0 saturated heterocycles. The van der Waals surface area contributed by atoms with Gasteiger partial charge in [0.05, 0.1) is 11.0 Å². The van der Waals surface area contributed by atoms with Crippen molar-refractivity contribution in [3.8, 4) is 0 Å². The first kappa shape index (κ1) is 22.0. The fourth-order valence-electron chi connectivity index (χ4n) is 3.53. The number of rotatable bonds is 9. The number of amides is 1. The number of carboxylic acid groups (broad SMARTS) is 1. The Kier molecular flexibility index (Phi) is 6.92. The first-order chi connectivity index (χ1) is 14.2. The maximum absolute atomic E-state index is 12.7. The average molecular weight is 428 g/mol. The molecule has 1 amide bonds. The molecule has 0 bridgehead atoms. The third-order valence-corrected chi connectivity index (χ3v) is 5.74. The van der Waals surface area contributed by atoms with Gasteiger partial charge in [-0.05, 0) is 47.9 Å². The van der Waals surface area contributed by atoms with E-state index < -0.39 is 12.0 Å². The molecule has 0 aliphatic rings. The van der Waals surface area contributed by atoms with Crippen LogP contribution in [0.15, 0.2) is 35.7 Å². The number of aliphatic carboxylic acids is 1. The van der Waals surface area contributed by atoms with Crippen LogP contribution in [0.4, 0.5) is 0 Å². The molecule has 0 radical (unpaired) electrons. The van der Waals surface area contributed by atoms with Crippen LogP contribution in [0.1, 0.15) is 55.2 Å². The van der Waals surface area contributed by atoms with Gasteiger partial charge in [-0.3, -0.25) is 4.79 Å². The molecule has 0 aliphatic heterocycles. The summed E-state index contributed by atoms with van der Waals surface area (Å²) >= 11 is 1.70. The molecule has 160 valence electrons. The fraction of sp³-hybridized carbons (Fsp3) is 0.435. The van der Waals surface area contributed by atoms with Crippen molar-refractivity contribution in [1.29, 1.82) is 0 Å². The van der Waals surface area contributed by atoms with Crippen molar-refractivity contribution in [2.75, 3.05) is 0 Å². The summed E-state index contributed by atoms with van der Waals surface area (Å²) in [4.78, 5) is 30.3. The van der Waals surface area contributed by atoms with E-state index >= 15 is 0 Å². The quantitative estimate of drug-likeness (QED) is 0.524. The van der Waals surface area contributed by atoms with Gasteiger partial charge in [0.1, 0.15) is 11.9 Å². The molecule has 1 aromatic carbocycles.